The van der Waals surface area contributed by atoms with Crippen molar-refractivity contribution in [1.82, 2.24) is 5.43 Å². The summed E-state index contributed by atoms with van der Waals surface area (Å²) in [7, 11) is 0. The molecule has 0 aromatic rings. The lowest BCUT2D eigenvalue weighted by Gasteiger charge is -1.93. The maximum atomic E-state index is 10.4. The van der Waals surface area contributed by atoms with E-state index in [1.165, 1.54) is 6.92 Å². The van der Waals surface area contributed by atoms with Crippen molar-refractivity contribution in [3.8, 4) is 0 Å². The SMILES string of the molecule is CC(=O)OC1=NNC(=O)C1. The van der Waals surface area contributed by atoms with Crippen LogP contribution in [0.25, 0.3) is 0 Å². The number of rotatable bonds is 0. The van der Waals surface area contributed by atoms with Crippen LogP contribution in [0.1, 0.15) is 13.3 Å². The van der Waals surface area contributed by atoms with Gasteiger partial charge in [-0.15, -0.1) is 5.10 Å². The van der Waals surface area contributed by atoms with Gasteiger partial charge in [-0.05, 0) is 0 Å². The molecular formula is C5H6N2O3. The van der Waals surface area contributed by atoms with Crippen LogP contribution in [-0.2, 0) is 14.3 Å². The molecule has 0 aromatic heterocycles. The molecule has 0 aromatic carbocycles. The van der Waals surface area contributed by atoms with Crippen molar-refractivity contribution in [2.24, 2.45) is 5.10 Å². The zero-order valence-electron chi connectivity index (χ0n) is 5.38. The number of carbonyl (C=O) groups is 2. The van der Waals surface area contributed by atoms with Gasteiger partial charge in [-0.2, -0.15) is 0 Å². The van der Waals surface area contributed by atoms with E-state index in [0.29, 0.717) is 0 Å². The number of nitrogens with zero attached hydrogens (tertiary/aromatic N) is 1. The predicted molar refractivity (Wildman–Crippen MR) is 32.0 cm³/mol. The van der Waals surface area contributed by atoms with Crippen LogP contribution in [0.5, 0.6) is 0 Å². The standard InChI is InChI=1S/C5H6N2O3/c1-3(8)10-5-2-4(9)6-7-5/h2H2,1H3,(H,6,9). The first-order valence-corrected chi connectivity index (χ1v) is 2.72. The Morgan fingerprint density at radius 1 is 1.80 bits per heavy atom. The molecule has 1 amide bonds. The number of hydrogen-bond acceptors (Lipinski definition) is 4. The molecule has 0 saturated heterocycles. The Bertz CT molecular complexity index is 209. The molecule has 0 fully saturated rings. The van der Waals surface area contributed by atoms with Crippen LogP contribution in [0, 0.1) is 0 Å². The van der Waals surface area contributed by atoms with Gasteiger partial charge in [0.25, 0.3) is 0 Å². The minimum absolute atomic E-state index is 0.0551. The van der Waals surface area contributed by atoms with Gasteiger partial charge in [0.05, 0.1) is 0 Å². The fourth-order valence-electron chi connectivity index (χ4n) is 0.566. The van der Waals surface area contributed by atoms with E-state index in [9.17, 15) is 9.59 Å². The minimum atomic E-state index is -0.463. The van der Waals surface area contributed by atoms with E-state index >= 15 is 0 Å². The fourth-order valence-corrected chi connectivity index (χ4v) is 0.566. The Balaban J connectivity index is 2.44. The van der Waals surface area contributed by atoms with Gasteiger partial charge >= 0.3 is 5.97 Å². The zero-order chi connectivity index (χ0) is 7.56. The Hall–Kier alpha value is -1.39. The number of nitrogens with one attached hydrogen (secondary N) is 1. The zero-order valence-corrected chi connectivity index (χ0v) is 5.38. The number of esters is 1. The summed E-state index contributed by atoms with van der Waals surface area (Å²) >= 11 is 0. The molecule has 1 N–H and O–H groups in total. The minimum Gasteiger partial charge on any atom is -0.410 e. The van der Waals surface area contributed by atoms with Gasteiger partial charge in [0.15, 0.2) is 0 Å². The van der Waals surface area contributed by atoms with Gasteiger partial charge in [0.1, 0.15) is 6.42 Å². The quantitative estimate of drug-likeness (QED) is 0.458. The lowest BCUT2D eigenvalue weighted by atomic mass is 10.4. The topological polar surface area (TPSA) is 67.8 Å². The third-order valence-corrected chi connectivity index (χ3v) is 0.879. The number of ether oxygens (including phenoxy) is 1. The van der Waals surface area contributed by atoms with E-state index in [4.69, 9.17) is 0 Å². The Morgan fingerprint density at radius 2 is 2.50 bits per heavy atom. The van der Waals surface area contributed by atoms with E-state index in [0.717, 1.165) is 0 Å². The molecule has 0 bridgehead atoms. The highest BCUT2D eigenvalue weighted by molar-refractivity contribution is 6.04. The molecule has 5 heteroatoms. The maximum Gasteiger partial charge on any atom is 0.309 e. The molecule has 1 rings (SSSR count). The number of hydrogen-bond donors (Lipinski definition) is 1. The number of hydrazone groups is 1. The van der Waals surface area contributed by atoms with Gasteiger partial charge in [-0.3, -0.25) is 9.59 Å². The summed E-state index contributed by atoms with van der Waals surface area (Å²) in [6.07, 6.45) is 0.0551. The summed E-state index contributed by atoms with van der Waals surface area (Å²) in [5.74, 6) is -0.580. The normalized spacial score (nSPS) is 16.1. The molecule has 0 atom stereocenters. The Morgan fingerprint density at radius 3 is 2.90 bits per heavy atom. The number of amides is 1. The second-order valence-corrected chi connectivity index (χ2v) is 1.81. The fraction of sp³-hybridized carbons (Fsp3) is 0.400. The van der Waals surface area contributed by atoms with Crippen LogP contribution in [0.15, 0.2) is 5.10 Å². The average molecular weight is 142 g/mol. The second kappa shape index (κ2) is 2.47. The third kappa shape index (κ3) is 1.54. The van der Waals surface area contributed by atoms with Crippen LogP contribution < -0.4 is 5.43 Å². The maximum absolute atomic E-state index is 10.4. The number of carbonyl (C=O) groups excluding carboxylic acids is 2. The first-order chi connectivity index (χ1) is 4.68. The van der Waals surface area contributed by atoms with E-state index in [1.807, 2.05) is 0 Å². The average Bonchev–Trinajstić information content (AvgIpc) is 2.13. The van der Waals surface area contributed by atoms with E-state index in [1.54, 1.807) is 0 Å². The molecule has 0 spiro atoms. The van der Waals surface area contributed by atoms with E-state index in [-0.39, 0.29) is 18.2 Å². The summed E-state index contributed by atoms with van der Waals surface area (Å²) in [6.45, 7) is 1.26. The van der Waals surface area contributed by atoms with Crippen LogP contribution in [0.4, 0.5) is 0 Å². The van der Waals surface area contributed by atoms with Crippen molar-refractivity contribution in [2.45, 2.75) is 13.3 Å². The van der Waals surface area contributed by atoms with Crippen molar-refractivity contribution in [2.75, 3.05) is 0 Å². The molecule has 0 unspecified atom stereocenters. The predicted octanol–water partition coefficient (Wildman–Crippen LogP) is -0.617. The van der Waals surface area contributed by atoms with Crippen molar-refractivity contribution in [3.05, 3.63) is 0 Å². The molecule has 1 aliphatic rings. The van der Waals surface area contributed by atoms with Crippen LogP contribution in [0.3, 0.4) is 0 Å². The highest BCUT2D eigenvalue weighted by Crippen LogP contribution is 1.96. The summed E-state index contributed by atoms with van der Waals surface area (Å²) in [5.41, 5.74) is 2.15. The van der Waals surface area contributed by atoms with Crippen molar-refractivity contribution >= 4 is 17.8 Å². The first-order valence-electron chi connectivity index (χ1n) is 2.72. The van der Waals surface area contributed by atoms with Crippen LogP contribution in [0.2, 0.25) is 0 Å². The largest absolute Gasteiger partial charge is 0.410 e. The van der Waals surface area contributed by atoms with Gasteiger partial charge in [-0.25, -0.2) is 5.43 Å². The Labute approximate surface area is 57.0 Å². The Kier molecular flexibility index (Phi) is 1.66. The monoisotopic (exact) mass is 142 g/mol. The highest BCUT2D eigenvalue weighted by atomic mass is 16.5. The lowest BCUT2D eigenvalue weighted by molar-refractivity contribution is -0.133. The van der Waals surface area contributed by atoms with Gasteiger partial charge < -0.3 is 4.74 Å². The summed E-state index contributed by atoms with van der Waals surface area (Å²) in [6, 6.07) is 0. The molecule has 10 heavy (non-hydrogen) atoms. The molecule has 1 aliphatic heterocycles. The summed E-state index contributed by atoms with van der Waals surface area (Å²) < 4.78 is 4.51. The molecular weight excluding hydrogens is 136 g/mol. The second-order valence-electron chi connectivity index (χ2n) is 1.81. The van der Waals surface area contributed by atoms with Gasteiger partial charge in [0, 0.05) is 6.92 Å². The summed E-state index contributed by atoms with van der Waals surface area (Å²) in [5, 5.41) is 3.43. The van der Waals surface area contributed by atoms with Gasteiger partial charge in [0.2, 0.25) is 11.8 Å². The van der Waals surface area contributed by atoms with Crippen LogP contribution in [-0.4, -0.2) is 17.8 Å². The summed E-state index contributed by atoms with van der Waals surface area (Å²) in [4.78, 5) is 20.7. The van der Waals surface area contributed by atoms with E-state index < -0.39 is 5.97 Å². The molecule has 0 radical (unpaired) electrons. The van der Waals surface area contributed by atoms with Gasteiger partial charge in [-0.1, -0.05) is 0 Å². The molecule has 54 valence electrons. The van der Waals surface area contributed by atoms with E-state index in [2.05, 4.69) is 15.3 Å². The first kappa shape index (κ1) is 6.73. The molecule has 5 nitrogen and oxygen atoms in total. The highest BCUT2D eigenvalue weighted by Gasteiger charge is 2.16. The smallest absolute Gasteiger partial charge is 0.309 e. The molecule has 0 aliphatic carbocycles. The van der Waals surface area contributed by atoms with Crippen LogP contribution >= 0.6 is 0 Å². The molecule has 0 saturated carbocycles. The van der Waals surface area contributed by atoms with Crippen molar-refractivity contribution in [3.63, 3.8) is 0 Å². The van der Waals surface area contributed by atoms with Crippen molar-refractivity contribution < 1.29 is 14.3 Å². The lowest BCUT2D eigenvalue weighted by Crippen LogP contribution is -2.10. The van der Waals surface area contributed by atoms with Crippen molar-refractivity contribution in [1.29, 1.82) is 0 Å². The molecule has 1 heterocycles. The third-order valence-electron chi connectivity index (χ3n) is 0.879.